The third kappa shape index (κ3) is 6.09. The van der Waals surface area contributed by atoms with E-state index < -0.39 is 0 Å². The topological polar surface area (TPSA) is 21.3 Å². The molecule has 0 saturated heterocycles. The van der Waals surface area contributed by atoms with Crippen LogP contribution in [0.2, 0.25) is 0 Å². The highest BCUT2D eigenvalue weighted by molar-refractivity contribution is 5.31. The Hall–Kier alpha value is -1.02. The maximum Gasteiger partial charge on any atom is 0.119 e. The average Bonchev–Trinajstić information content (AvgIpc) is 2.46. The summed E-state index contributed by atoms with van der Waals surface area (Å²) < 4.78 is 6.08. The molecule has 0 aliphatic carbocycles. The fourth-order valence-corrected chi connectivity index (χ4v) is 2.18. The predicted octanol–water partition coefficient (Wildman–Crippen LogP) is 4.78. The number of nitrogens with one attached hydrogen (secondary N) is 1. The maximum absolute atomic E-state index is 6.08. The molecule has 0 radical (unpaired) electrons. The summed E-state index contributed by atoms with van der Waals surface area (Å²) in [5.74, 6) is 1.65. The smallest absolute Gasteiger partial charge is 0.119 e. The fraction of sp³-hybridized carbons (Fsp3) is 0.684. The van der Waals surface area contributed by atoms with Gasteiger partial charge in [-0.1, -0.05) is 53.7 Å². The van der Waals surface area contributed by atoms with E-state index in [4.69, 9.17) is 4.74 Å². The van der Waals surface area contributed by atoms with Crippen LogP contribution in [0.15, 0.2) is 24.3 Å². The average molecular weight is 291 g/mol. The van der Waals surface area contributed by atoms with Gasteiger partial charge in [0.05, 0.1) is 0 Å². The Morgan fingerprint density at radius 1 is 1.05 bits per heavy atom. The zero-order valence-electron chi connectivity index (χ0n) is 14.7. The lowest BCUT2D eigenvalue weighted by atomic mass is 9.82. The van der Waals surface area contributed by atoms with Crippen LogP contribution >= 0.6 is 0 Å². The molecule has 0 aliphatic heterocycles. The quantitative estimate of drug-likeness (QED) is 0.707. The molecule has 0 spiro atoms. The second-order valence-electron chi connectivity index (χ2n) is 6.96. The molecule has 1 unspecified atom stereocenters. The number of rotatable bonds is 9. The Labute approximate surface area is 131 Å². The Bertz CT molecular complexity index is 395. The minimum atomic E-state index is 0.238. The molecule has 2 nitrogen and oxygen atoms in total. The normalized spacial score (nSPS) is 13.5. The van der Waals surface area contributed by atoms with Crippen molar-refractivity contribution in [2.45, 2.75) is 65.9 Å². The van der Waals surface area contributed by atoms with E-state index in [2.05, 4.69) is 71.1 Å². The van der Waals surface area contributed by atoms with E-state index in [1.165, 1.54) is 5.56 Å². The fourth-order valence-electron chi connectivity index (χ4n) is 2.18. The molecule has 0 heterocycles. The van der Waals surface area contributed by atoms with Crippen molar-refractivity contribution in [2.24, 2.45) is 5.92 Å². The highest BCUT2D eigenvalue weighted by atomic mass is 16.5. The molecule has 2 heteroatoms. The van der Waals surface area contributed by atoms with Crippen LogP contribution in [0.4, 0.5) is 0 Å². The molecule has 1 aromatic rings. The number of benzene rings is 1. The zero-order chi connectivity index (χ0) is 15.9. The third-order valence-electron chi connectivity index (χ3n) is 4.20. The van der Waals surface area contributed by atoms with Crippen molar-refractivity contribution in [2.75, 3.05) is 13.1 Å². The first-order valence-corrected chi connectivity index (χ1v) is 8.37. The van der Waals surface area contributed by atoms with Gasteiger partial charge in [0.15, 0.2) is 0 Å². The van der Waals surface area contributed by atoms with E-state index in [0.29, 0.717) is 5.92 Å². The number of hydrogen-bond acceptors (Lipinski definition) is 2. The first kappa shape index (κ1) is 18.0. The predicted molar refractivity (Wildman–Crippen MR) is 92.2 cm³/mol. The summed E-state index contributed by atoms with van der Waals surface area (Å²) in [6, 6.07) is 8.62. The molecular formula is C19H33NO. The van der Waals surface area contributed by atoms with Gasteiger partial charge in [-0.25, -0.2) is 0 Å². The lowest BCUT2D eigenvalue weighted by Gasteiger charge is -2.24. The summed E-state index contributed by atoms with van der Waals surface area (Å²) in [6.07, 6.45) is 2.41. The molecule has 120 valence electrons. The standard InChI is InChI=1S/C19H33NO/c1-7-17(14-20-13-15(3)4)21-18-11-9-16(10-12-18)19(5,6)8-2/h9-12,15,17,20H,7-8,13-14H2,1-6H3. The van der Waals surface area contributed by atoms with E-state index in [1.807, 2.05) is 0 Å². The highest BCUT2D eigenvalue weighted by Gasteiger charge is 2.18. The van der Waals surface area contributed by atoms with Gasteiger partial charge < -0.3 is 10.1 Å². The summed E-state index contributed by atoms with van der Waals surface area (Å²) in [6.45, 7) is 15.4. The molecule has 0 bridgehead atoms. The monoisotopic (exact) mass is 291 g/mol. The van der Waals surface area contributed by atoms with Crippen molar-refractivity contribution in [3.8, 4) is 5.75 Å². The van der Waals surface area contributed by atoms with Crippen molar-refractivity contribution in [3.63, 3.8) is 0 Å². The molecule has 0 amide bonds. The molecule has 1 atom stereocenters. The molecule has 0 saturated carbocycles. The second kappa shape index (κ2) is 8.43. The molecule has 1 rings (SSSR count). The van der Waals surface area contributed by atoms with Crippen molar-refractivity contribution in [1.82, 2.24) is 5.32 Å². The van der Waals surface area contributed by atoms with Crippen molar-refractivity contribution < 1.29 is 4.74 Å². The third-order valence-corrected chi connectivity index (χ3v) is 4.20. The van der Waals surface area contributed by atoms with E-state index in [1.54, 1.807) is 0 Å². The summed E-state index contributed by atoms with van der Waals surface area (Å²) in [4.78, 5) is 0. The van der Waals surface area contributed by atoms with Crippen molar-refractivity contribution in [1.29, 1.82) is 0 Å². The zero-order valence-corrected chi connectivity index (χ0v) is 14.7. The van der Waals surface area contributed by atoms with Gasteiger partial charge in [0.1, 0.15) is 11.9 Å². The molecule has 0 aromatic heterocycles. The Morgan fingerprint density at radius 2 is 1.67 bits per heavy atom. The largest absolute Gasteiger partial charge is 0.489 e. The van der Waals surface area contributed by atoms with Gasteiger partial charge in [-0.3, -0.25) is 0 Å². The summed E-state index contributed by atoms with van der Waals surface area (Å²) >= 11 is 0. The van der Waals surface area contributed by atoms with Crippen molar-refractivity contribution in [3.05, 3.63) is 29.8 Å². The minimum Gasteiger partial charge on any atom is -0.489 e. The lowest BCUT2D eigenvalue weighted by Crippen LogP contribution is -2.33. The molecule has 0 aliphatic rings. The van der Waals surface area contributed by atoms with E-state index in [0.717, 1.165) is 31.7 Å². The lowest BCUT2D eigenvalue weighted by molar-refractivity contribution is 0.192. The van der Waals surface area contributed by atoms with Gasteiger partial charge in [0, 0.05) is 6.54 Å². The van der Waals surface area contributed by atoms with Crippen LogP contribution in [0.25, 0.3) is 0 Å². The molecule has 1 aromatic carbocycles. The Morgan fingerprint density at radius 3 is 2.14 bits per heavy atom. The second-order valence-corrected chi connectivity index (χ2v) is 6.96. The van der Waals surface area contributed by atoms with Crippen LogP contribution in [0, 0.1) is 5.92 Å². The molecule has 1 N–H and O–H groups in total. The van der Waals surface area contributed by atoms with Crippen LogP contribution in [-0.2, 0) is 5.41 Å². The SMILES string of the molecule is CCC(CNCC(C)C)Oc1ccc(C(C)(C)CC)cc1. The number of ether oxygens (including phenoxy) is 1. The Kier molecular flexibility index (Phi) is 7.24. The van der Waals surface area contributed by atoms with Gasteiger partial charge in [-0.15, -0.1) is 0 Å². The molecule has 21 heavy (non-hydrogen) atoms. The minimum absolute atomic E-state index is 0.238. The van der Waals surface area contributed by atoms with E-state index in [9.17, 15) is 0 Å². The van der Waals surface area contributed by atoms with Crippen LogP contribution in [0.1, 0.15) is 59.9 Å². The summed E-state index contributed by atoms with van der Waals surface area (Å²) in [5.41, 5.74) is 1.62. The van der Waals surface area contributed by atoms with Crippen molar-refractivity contribution >= 4 is 0 Å². The van der Waals surface area contributed by atoms with Crippen LogP contribution in [0.3, 0.4) is 0 Å². The van der Waals surface area contributed by atoms with Crippen LogP contribution < -0.4 is 10.1 Å². The van der Waals surface area contributed by atoms with Crippen LogP contribution in [-0.4, -0.2) is 19.2 Å². The van der Waals surface area contributed by atoms with E-state index in [-0.39, 0.29) is 11.5 Å². The summed E-state index contributed by atoms with van der Waals surface area (Å²) in [7, 11) is 0. The van der Waals surface area contributed by atoms with Gasteiger partial charge in [-0.05, 0) is 48.4 Å². The molecule has 0 fully saturated rings. The summed E-state index contributed by atoms with van der Waals surface area (Å²) in [5, 5.41) is 3.48. The maximum atomic E-state index is 6.08. The van der Waals surface area contributed by atoms with Crippen LogP contribution in [0.5, 0.6) is 5.75 Å². The van der Waals surface area contributed by atoms with Gasteiger partial charge in [0.2, 0.25) is 0 Å². The van der Waals surface area contributed by atoms with Gasteiger partial charge >= 0.3 is 0 Å². The Balaban J connectivity index is 2.57. The van der Waals surface area contributed by atoms with E-state index >= 15 is 0 Å². The number of hydrogen-bond donors (Lipinski definition) is 1. The van der Waals surface area contributed by atoms with Gasteiger partial charge in [0.25, 0.3) is 0 Å². The first-order valence-electron chi connectivity index (χ1n) is 8.37. The first-order chi connectivity index (χ1) is 9.89. The highest BCUT2D eigenvalue weighted by Crippen LogP contribution is 2.28. The van der Waals surface area contributed by atoms with Gasteiger partial charge in [-0.2, -0.15) is 0 Å². The molecular weight excluding hydrogens is 258 g/mol.